The summed E-state index contributed by atoms with van der Waals surface area (Å²) in [6.45, 7) is 0.0933. The molecule has 2 aromatic carbocycles. The summed E-state index contributed by atoms with van der Waals surface area (Å²) in [4.78, 5) is 29.4. The van der Waals surface area contributed by atoms with Crippen LogP contribution in [0.1, 0.15) is 34.3 Å². The van der Waals surface area contributed by atoms with Gasteiger partial charge in [-0.2, -0.15) is 13.2 Å². The van der Waals surface area contributed by atoms with E-state index in [0.717, 1.165) is 6.07 Å². The van der Waals surface area contributed by atoms with E-state index in [1.807, 2.05) is 0 Å². The highest BCUT2D eigenvalue weighted by molar-refractivity contribution is 5.99. The van der Waals surface area contributed by atoms with Gasteiger partial charge in [0.1, 0.15) is 28.4 Å². The van der Waals surface area contributed by atoms with Crippen molar-refractivity contribution in [1.29, 1.82) is 0 Å². The lowest BCUT2D eigenvalue weighted by atomic mass is 9.73. The van der Waals surface area contributed by atoms with Crippen LogP contribution in [-0.2, 0) is 17.5 Å². The van der Waals surface area contributed by atoms with E-state index in [9.17, 15) is 27.9 Å². The van der Waals surface area contributed by atoms with E-state index < -0.39 is 35.2 Å². The summed E-state index contributed by atoms with van der Waals surface area (Å²) >= 11 is 0. The molecule has 0 spiro atoms. The first-order valence-electron chi connectivity index (χ1n) is 11.3. The lowest BCUT2D eigenvalue weighted by molar-refractivity contribution is -0.138. The predicted molar refractivity (Wildman–Crippen MR) is 126 cm³/mol. The Kier molecular flexibility index (Phi) is 7.35. The fraction of sp³-hybridized carbons (Fsp3) is 0.269. The molecule has 4 rings (SSSR count). The van der Waals surface area contributed by atoms with Crippen molar-refractivity contribution in [1.82, 2.24) is 15.6 Å². The molecule has 11 heteroatoms. The van der Waals surface area contributed by atoms with Crippen molar-refractivity contribution in [3.05, 3.63) is 83.7 Å². The van der Waals surface area contributed by atoms with E-state index >= 15 is 0 Å². The summed E-state index contributed by atoms with van der Waals surface area (Å²) < 4.78 is 50.6. The first-order chi connectivity index (χ1) is 17.6. The van der Waals surface area contributed by atoms with Crippen LogP contribution in [0.4, 0.5) is 13.2 Å². The van der Waals surface area contributed by atoms with Crippen LogP contribution in [0.15, 0.2) is 67.0 Å². The number of amides is 2. The highest BCUT2D eigenvalue weighted by Gasteiger charge is 2.50. The van der Waals surface area contributed by atoms with Gasteiger partial charge in [-0.3, -0.25) is 14.6 Å². The number of benzene rings is 2. The molecule has 0 bridgehead atoms. The SMILES string of the molecule is COc1ccc(Oc2ccc(CNC(=O)C3(NC(=O)c4cccnc4)CC(O)C3)cc2)c(C(F)(F)F)c1. The van der Waals surface area contributed by atoms with Crippen LogP contribution in [0.5, 0.6) is 17.2 Å². The van der Waals surface area contributed by atoms with Crippen LogP contribution in [0.3, 0.4) is 0 Å². The molecule has 3 N–H and O–H groups in total. The van der Waals surface area contributed by atoms with E-state index in [-0.39, 0.29) is 42.2 Å². The predicted octanol–water partition coefficient (Wildman–Crippen LogP) is 3.84. The van der Waals surface area contributed by atoms with Crippen LogP contribution >= 0.6 is 0 Å². The van der Waals surface area contributed by atoms with Gasteiger partial charge in [0.05, 0.1) is 18.8 Å². The molecular weight excluding hydrogens is 491 g/mol. The Morgan fingerprint density at radius 2 is 1.81 bits per heavy atom. The molecule has 3 aromatic rings. The Hall–Kier alpha value is -4.12. The number of carbonyl (C=O) groups is 2. The zero-order valence-electron chi connectivity index (χ0n) is 19.7. The monoisotopic (exact) mass is 515 g/mol. The summed E-state index contributed by atoms with van der Waals surface area (Å²) in [5.41, 5.74) is -1.28. The molecule has 8 nitrogen and oxygen atoms in total. The van der Waals surface area contributed by atoms with Crippen molar-refractivity contribution < 1.29 is 37.3 Å². The minimum atomic E-state index is -4.63. The molecule has 0 unspecified atom stereocenters. The lowest BCUT2D eigenvalue weighted by Crippen LogP contribution is -2.67. The number of nitrogens with one attached hydrogen (secondary N) is 2. The van der Waals surface area contributed by atoms with Crippen LogP contribution in [0, 0.1) is 0 Å². The van der Waals surface area contributed by atoms with Gasteiger partial charge in [-0.05, 0) is 48.0 Å². The van der Waals surface area contributed by atoms with Crippen molar-refractivity contribution in [2.24, 2.45) is 0 Å². The number of halogens is 3. The highest BCUT2D eigenvalue weighted by atomic mass is 19.4. The van der Waals surface area contributed by atoms with Gasteiger partial charge in [0.2, 0.25) is 5.91 Å². The second kappa shape index (κ2) is 10.5. The third-order valence-corrected chi connectivity index (χ3v) is 5.98. The zero-order valence-corrected chi connectivity index (χ0v) is 19.7. The maximum absolute atomic E-state index is 13.4. The number of aliphatic hydroxyl groups is 1. The number of aromatic nitrogens is 1. The van der Waals surface area contributed by atoms with E-state index in [1.54, 1.807) is 24.3 Å². The zero-order chi connectivity index (χ0) is 26.6. The van der Waals surface area contributed by atoms with Crippen LogP contribution in [-0.4, -0.2) is 40.7 Å². The molecule has 0 radical (unpaired) electrons. The van der Waals surface area contributed by atoms with Gasteiger partial charge >= 0.3 is 6.18 Å². The average Bonchev–Trinajstić information content (AvgIpc) is 2.87. The number of hydrogen-bond donors (Lipinski definition) is 3. The first-order valence-corrected chi connectivity index (χ1v) is 11.3. The molecular formula is C26H24F3N3O5. The molecule has 1 aromatic heterocycles. The second-order valence-electron chi connectivity index (χ2n) is 8.63. The first kappa shape index (κ1) is 26.0. The van der Waals surface area contributed by atoms with E-state index in [4.69, 9.17) is 9.47 Å². The number of rotatable bonds is 8. The molecule has 0 aliphatic heterocycles. The molecule has 1 heterocycles. The molecule has 1 aliphatic rings. The Morgan fingerprint density at radius 1 is 1.11 bits per heavy atom. The van der Waals surface area contributed by atoms with E-state index in [0.29, 0.717) is 5.56 Å². The fourth-order valence-corrected chi connectivity index (χ4v) is 3.98. The minimum absolute atomic E-state index is 0.0548. The molecule has 37 heavy (non-hydrogen) atoms. The molecule has 1 aliphatic carbocycles. The fourth-order valence-electron chi connectivity index (χ4n) is 3.98. The number of alkyl halides is 3. The van der Waals surface area contributed by atoms with Crippen molar-refractivity contribution in [3.63, 3.8) is 0 Å². The third-order valence-electron chi connectivity index (χ3n) is 5.98. The third kappa shape index (κ3) is 6.00. The van der Waals surface area contributed by atoms with Crippen molar-refractivity contribution in [2.45, 2.75) is 37.2 Å². The van der Waals surface area contributed by atoms with Gasteiger partial charge in [0.25, 0.3) is 5.91 Å². The summed E-state index contributed by atoms with van der Waals surface area (Å²) in [7, 11) is 1.27. The Morgan fingerprint density at radius 3 is 2.41 bits per heavy atom. The quantitative estimate of drug-likeness (QED) is 0.421. The Labute approximate surface area is 210 Å². The summed E-state index contributed by atoms with van der Waals surface area (Å²) in [6, 6.07) is 12.7. The number of carbonyl (C=O) groups excluding carboxylic acids is 2. The van der Waals surface area contributed by atoms with Gasteiger partial charge in [-0.25, -0.2) is 0 Å². The second-order valence-corrected chi connectivity index (χ2v) is 8.63. The average molecular weight is 515 g/mol. The number of nitrogens with zero attached hydrogens (tertiary/aromatic N) is 1. The van der Waals surface area contributed by atoms with Crippen molar-refractivity contribution >= 4 is 11.8 Å². The van der Waals surface area contributed by atoms with Gasteiger partial charge in [0.15, 0.2) is 0 Å². The van der Waals surface area contributed by atoms with Crippen LogP contribution < -0.4 is 20.1 Å². The number of methoxy groups -OCH3 is 1. The summed E-state index contributed by atoms with van der Waals surface area (Å²) in [5, 5.41) is 15.3. The number of ether oxygens (including phenoxy) is 2. The van der Waals surface area contributed by atoms with Gasteiger partial charge in [-0.15, -0.1) is 0 Å². The minimum Gasteiger partial charge on any atom is -0.497 e. The van der Waals surface area contributed by atoms with Gasteiger partial charge < -0.3 is 25.2 Å². The largest absolute Gasteiger partial charge is 0.497 e. The van der Waals surface area contributed by atoms with Crippen LogP contribution in [0.2, 0.25) is 0 Å². The number of hydrogen-bond acceptors (Lipinski definition) is 6. The van der Waals surface area contributed by atoms with E-state index in [1.165, 1.54) is 43.8 Å². The molecule has 1 saturated carbocycles. The smallest absolute Gasteiger partial charge is 0.420 e. The standard InChI is InChI=1S/C26H24F3N3O5/c1-36-20-8-9-22(21(11-20)26(27,28)29)37-19-6-4-16(5-7-19)14-31-24(35)25(12-18(33)13-25)32-23(34)17-3-2-10-30-15-17/h2-11,15,18,33H,12-14H2,1H3,(H,31,35)(H,32,34). The van der Waals surface area contributed by atoms with Gasteiger partial charge in [-0.1, -0.05) is 12.1 Å². The maximum atomic E-state index is 13.4. The van der Waals surface area contributed by atoms with Crippen molar-refractivity contribution in [2.75, 3.05) is 7.11 Å². The molecule has 0 atom stereocenters. The van der Waals surface area contributed by atoms with Gasteiger partial charge in [0, 0.05) is 31.8 Å². The Balaban J connectivity index is 1.39. The summed E-state index contributed by atoms with van der Waals surface area (Å²) in [6.07, 6.45) is -2.30. The molecule has 2 amide bonds. The van der Waals surface area contributed by atoms with Crippen LogP contribution in [0.25, 0.3) is 0 Å². The lowest BCUT2D eigenvalue weighted by Gasteiger charge is -2.44. The molecule has 194 valence electrons. The topological polar surface area (TPSA) is 110 Å². The summed E-state index contributed by atoms with van der Waals surface area (Å²) in [5.74, 6) is -1.08. The molecule has 0 saturated heterocycles. The highest BCUT2D eigenvalue weighted by Crippen LogP contribution is 2.40. The number of aliphatic hydroxyl groups excluding tert-OH is 1. The maximum Gasteiger partial charge on any atom is 0.420 e. The van der Waals surface area contributed by atoms with E-state index in [2.05, 4.69) is 15.6 Å². The Bertz CT molecular complexity index is 1260. The number of pyridine rings is 1. The molecule has 1 fully saturated rings. The normalized spacial score (nSPS) is 18.9. The van der Waals surface area contributed by atoms with Crippen molar-refractivity contribution in [3.8, 4) is 17.2 Å².